The van der Waals surface area contributed by atoms with Crippen LogP contribution in [0.2, 0.25) is 0 Å². The van der Waals surface area contributed by atoms with Crippen molar-refractivity contribution in [1.82, 2.24) is 14.5 Å². The summed E-state index contributed by atoms with van der Waals surface area (Å²) in [7, 11) is 5.58. The topological polar surface area (TPSA) is 39.5 Å². The fourth-order valence-corrected chi connectivity index (χ4v) is 4.53. The van der Waals surface area contributed by atoms with E-state index in [2.05, 4.69) is 28.6 Å². The molecule has 5 nitrogen and oxygen atoms in total. The lowest BCUT2D eigenvalue weighted by atomic mass is 10.0. The van der Waals surface area contributed by atoms with Crippen LogP contribution in [-0.2, 0) is 26.4 Å². The van der Waals surface area contributed by atoms with Crippen LogP contribution in [0, 0.1) is 0 Å². The van der Waals surface area contributed by atoms with E-state index in [0.717, 1.165) is 31.0 Å². The molecule has 0 bridgehead atoms. The number of rotatable bonds is 5. The van der Waals surface area contributed by atoms with E-state index in [1.165, 1.54) is 54.9 Å². The Hall–Kier alpha value is -2.01. The summed E-state index contributed by atoms with van der Waals surface area (Å²) in [5.74, 6) is 2.84. The van der Waals surface area contributed by atoms with Crippen LogP contribution in [0.15, 0.2) is 18.2 Å². The first kappa shape index (κ1) is 17.4. The number of methoxy groups -OCH3 is 2. The molecule has 0 amide bonds. The van der Waals surface area contributed by atoms with Crippen molar-refractivity contribution in [2.75, 3.05) is 20.8 Å². The van der Waals surface area contributed by atoms with E-state index in [1.807, 2.05) is 6.07 Å². The third-order valence-corrected chi connectivity index (χ3v) is 5.90. The number of fused-ring (bicyclic) bond motifs is 1. The Kier molecular flexibility index (Phi) is 4.90. The SMILES string of the molecule is COc1ccc(CN2CCCC2c2nc3c(n2C)CCCC3)cc1OC. The summed E-state index contributed by atoms with van der Waals surface area (Å²) in [5.41, 5.74) is 4.06. The number of aryl methyl sites for hydroxylation is 1. The molecular weight excluding hydrogens is 326 g/mol. The Labute approximate surface area is 155 Å². The smallest absolute Gasteiger partial charge is 0.161 e. The van der Waals surface area contributed by atoms with Gasteiger partial charge in [0.25, 0.3) is 0 Å². The first-order chi connectivity index (χ1) is 12.7. The van der Waals surface area contributed by atoms with E-state index in [-0.39, 0.29) is 0 Å². The highest BCUT2D eigenvalue weighted by atomic mass is 16.5. The summed E-state index contributed by atoms with van der Waals surface area (Å²) in [6, 6.07) is 6.65. The molecule has 1 fully saturated rings. The van der Waals surface area contributed by atoms with Gasteiger partial charge in [-0.05, 0) is 62.8 Å². The van der Waals surface area contributed by atoms with Gasteiger partial charge in [-0.15, -0.1) is 0 Å². The van der Waals surface area contributed by atoms with Crippen LogP contribution >= 0.6 is 0 Å². The summed E-state index contributed by atoms with van der Waals surface area (Å²) < 4.78 is 13.2. The fourth-order valence-electron chi connectivity index (χ4n) is 4.53. The zero-order valence-corrected chi connectivity index (χ0v) is 16.1. The number of aromatic nitrogens is 2. The monoisotopic (exact) mass is 355 g/mol. The molecule has 2 aromatic rings. The van der Waals surface area contributed by atoms with Gasteiger partial charge in [0, 0.05) is 19.3 Å². The van der Waals surface area contributed by atoms with Gasteiger partial charge in [-0.2, -0.15) is 0 Å². The maximum Gasteiger partial charge on any atom is 0.161 e. The normalized spacial score (nSPS) is 20.2. The fraction of sp³-hybridized carbons (Fsp3) is 0.571. The Morgan fingerprint density at radius 3 is 2.65 bits per heavy atom. The standard InChI is InChI=1S/C21H29N3O2/c1-23-17-8-5-4-7-16(17)22-21(23)18-9-6-12-24(18)14-15-10-11-19(25-2)20(13-15)26-3/h10-11,13,18H,4-9,12,14H2,1-3H3. The highest BCUT2D eigenvalue weighted by Gasteiger charge is 2.31. The molecule has 1 aromatic heterocycles. The number of likely N-dealkylation sites (tertiary alicyclic amines) is 1. The van der Waals surface area contributed by atoms with Gasteiger partial charge in [-0.25, -0.2) is 4.98 Å². The maximum atomic E-state index is 5.47. The van der Waals surface area contributed by atoms with E-state index >= 15 is 0 Å². The molecule has 2 heterocycles. The van der Waals surface area contributed by atoms with Crippen LogP contribution in [0.5, 0.6) is 11.5 Å². The number of nitrogens with zero attached hydrogens (tertiary/aromatic N) is 3. The molecular formula is C21H29N3O2. The summed E-state index contributed by atoms with van der Waals surface area (Å²) >= 11 is 0. The second-order valence-corrected chi connectivity index (χ2v) is 7.45. The number of hydrogen-bond acceptors (Lipinski definition) is 4. The van der Waals surface area contributed by atoms with Crippen LogP contribution in [0.1, 0.15) is 54.5 Å². The minimum absolute atomic E-state index is 0.415. The molecule has 1 aliphatic heterocycles. The van der Waals surface area contributed by atoms with Crippen LogP contribution in [0.3, 0.4) is 0 Å². The largest absolute Gasteiger partial charge is 0.493 e. The molecule has 2 aliphatic rings. The molecule has 1 aromatic carbocycles. The van der Waals surface area contributed by atoms with E-state index in [4.69, 9.17) is 14.5 Å². The molecule has 1 aliphatic carbocycles. The van der Waals surface area contributed by atoms with Crippen LogP contribution in [0.25, 0.3) is 0 Å². The van der Waals surface area contributed by atoms with Crippen molar-refractivity contribution in [2.45, 2.75) is 51.1 Å². The van der Waals surface area contributed by atoms with Crippen molar-refractivity contribution in [2.24, 2.45) is 7.05 Å². The van der Waals surface area contributed by atoms with Crippen molar-refractivity contribution in [1.29, 1.82) is 0 Å². The van der Waals surface area contributed by atoms with E-state index in [1.54, 1.807) is 14.2 Å². The molecule has 140 valence electrons. The van der Waals surface area contributed by atoms with Gasteiger partial charge in [0.1, 0.15) is 5.82 Å². The highest BCUT2D eigenvalue weighted by molar-refractivity contribution is 5.43. The van der Waals surface area contributed by atoms with Gasteiger partial charge in [-0.3, -0.25) is 4.90 Å². The molecule has 0 spiro atoms. The van der Waals surface area contributed by atoms with Crippen LogP contribution in [0.4, 0.5) is 0 Å². The highest BCUT2D eigenvalue weighted by Crippen LogP contribution is 2.36. The van der Waals surface area contributed by atoms with Gasteiger partial charge in [0.05, 0.1) is 26.0 Å². The molecule has 0 saturated carbocycles. The summed E-state index contributed by atoms with van der Waals surface area (Å²) in [5, 5.41) is 0. The average Bonchev–Trinajstić information content (AvgIpc) is 3.26. The van der Waals surface area contributed by atoms with E-state index in [0.29, 0.717) is 6.04 Å². The van der Waals surface area contributed by atoms with Crippen molar-refractivity contribution in [3.05, 3.63) is 41.0 Å². The van der Waals surface area contributed by atoms with Crippen LogP contribution < -0.4 is 9.47 Å². The summed E-state index contributed by atoms with van der Waals surface area (Å²) in [6.45, 7) is 2.04. The van der Waals surface area contributed by atoms with Crippen molar-refractivity contribution < 1.29 is 9.47 Å². The first-order valence-corrected chi connectivity index (χ1v) is 9.70. The summed E-state index contributed by atoms with van der Waals surface area (Å²) in [6.07, 6.45) is 7.33. The molecule has 4 rings (SSSR count). The number of benzene rings is 1. The molecule has 1 saturated heterocycles. The zero-order valence-electron chi connectivity index (χ0n) is 16.1. The van der Waals surface area contributed by atoms with E-state index < -0.39 is 0 Å². The van der Waals surface area contributed by atoms with Crippen LogP contribution in [-0.4, -0.2) is 35.2 Å². The van der Waals surface area contributed by atoms with Gasteiger partial charge in [-0.1, -0.05) is 6.07 Å². The maximum absolute atomic E-state index is 5.47. The Balaban J connectivity index is 1.57. The second-order valence-electron chi connectivity index (χ2n) is 7.45. The third kappa shape index (κ3) is 3.09. The predicted octanol–water partition coefficient (Wildman–Crippen LogP) is 3.65. The molecule has 26 heavy (non-hydrogen) atoms. The molecule has 5 heteroatoms. The predicted molar refractivity (Wildman–Crippen MR) is 102 cm³/mol. The number of ether oxygens (including phenoxy) is 2. The Morgan fingerprint density at radius 1 is 1.08 bits per heavy atom. The Morgan fingerprint density at radius 2 is 1.88 bits per heavy atom. The van der Waals surface area contributed by atoms with E-state index in [9.17, 15) is 0 Å². The van der Waals surface area contributed by atoms with Gasteiger partial charge in [0.2, 0.25) is 0 Å². The quantitative estimate of drug-likeness (QED) is 0.821. The zero-order chi connectivity index (χ0) is 18.1. The number of hydrogen-bond donors (Lipinski definition) is 0. The third-order valence-electron chi connectivity index (χ3n) is 5.90. The average molecular weight is 355 g/mol. The van der Waals surface area contributed by atoms with Gasteiger partial charge < -0.3 is 14.0 Å². The van der Waals surface area contributed by atoms with Gasteiger partial charge in [0.15, 0.2) is 11.5 Å². The summed E-state index contributed by atoms with van der Waals surface area (Å²) in [4.78, 5) is 7.63. The Bertz CT molecular complexity index is 784. The molecule has 0 radical (unpaired) electrons. The molecule has 0 N–H and O–H groups in total. The van der Waals surface area contributed by atoms with Crippen molar-refractivity contribution in [3.63, 3.8) is 0 Å². The lowest BCUT2D eigenvalue weighted by Gasteiger charge is -2.25. The number of imidazole rings is 1. The lowest BCUT2D eigenvalue weighted by molar-refractivity contribution is 0.235. The first-order valence-electron chi connectivity index (χ1n) is 9.70. The van der Waals surface area contributed by atoms with Gasteiger partial charge >= 0.3 is 0 Å². The molecule has 1 unspecified atom stereocenters. The second kappa shape index (κ2) is 7.31. The molecule has 1 atom stereocenters. The minimum atomic E-state index is 0.415. The van der Waals surface area contributed by atoms with Crippen molar-refractivity contribution in [3.8, 4) is 11.5 Å². The lowest BCUT2D eigenvalue weighted by Crippen LogP contribution is -2.25. The minimum Gasteiger partial charge on any atom is -0.493 e. The van der Waals surface area contributed by atoms with Crippen molar-refractivity contribution >= 4 is 0 Å².